The molecule has 0 bridgehead atoms. The van der Waals surface area contributed by atoms with Gasteiger partial charge in [-0.2, -0.15) is 0 Å². The van der Waals surface area contributed by atoms with Gasteiger partial charge in [-0.3, -0.25) is 4.98 Å². The second kappa shape index (κ2) is 6.75. The van der Waals surface area contributed by atoms with Crippen molar-refractivity contribution in [1.29, 1.82) is 0 Å². The summed E-state index contributed by atoms with van der Waals surface area (Å²) < 4.78 is 0. The van der Waals surface area contributed by atoms with Crippen molar-refractivity contribution in [2.45, 2.75) is 26.4 Å². The van der Waals surface area contributed by atoms with E-state index in [0.717, 1.165) is 34.6 Å². The molecule has 1 unspecified atom stereocenters. The standard InChI is InChI=1S/C23H22N2O/c1-23(2)21(26-25-22(23)18-12-7-4-8-13-18)16-19-14-9-15-20(24-19)17-10-5-3-6-11-17/h3-15,21H,16H2,1-2H3. The third kappa shape index (κ3) is 3.13. The number of hydrogen-bond acceptors (Lipinski definition) is 3. The van der Waals surface area contributed by atoms with Crippen molar-refractivity contribution in [1.82, 2.24) is 4.98 Å². The van der Waals surface area contributed by atoms with Gasteiger partial charge in [-0.1, -0.05) is 85.7 Å². The van der Waals surface area contributed by atoms with E-state index in [1.165, 1.54) is 0 Å². The molecule has 130 valence electrons. The van der Waals surface area contributed by atoms with Crippen LogP contribution in [0.3, 0.4) is 0 Å². The maximum Gasteiger partial charge on any atom is 0.143 e. The third-order valence-corrected chi connectivity index (χ3v) is 5.00. The molecule has 0 saturated heterocycles. The molecule has 26 heavy (non-hydrogen) atoms. The number of hydrogen-bond donors (Lipinski definition) is 0. The Labute approximate surface area is 154 Å². The Kier molecular flexibility index (Phi) is 4.29. The molecular formula is C23H22N2O. The highest BCUT2D eigenvalue weighted by molar-refractivity contribution is 6.05. The highest BCUT2D eigenvalue weighted by Gasteiger charge is 2.42. The summed E-state index contributed by atoms with van der Waals surface area (Å²) in [6, 6.07) is 26.7. The van der Waals surface area contributed by atoms with Crippen LogP contribution in [0.5, 0.6) is 0 Å². The number of oxime groups is 1. The number of nitrogens with zero attached hydrogens (tertiary/aromatic N) is 2. The lowest BCUT2D eigenvalue weighted by molar-refractivity contribution is 0.0365. The van der Waals surface area contributed by atoms with Crippen LogP contribution in [-0.4, -0.2) is 16.8 Å². The van der Waals surface area contributed by atoms with Crippen LogP contribution >= 0.6 is 0 Å². The fraction of sp³-hybridized carbons (Fsp3) is 0.217. The van der Waals surface area contributed by atoms with E-state index >= 15 is 0 Å². The molecule has 0 saturated carbocycles. The van der Waals surface area contributed by atoms with Gasteiger partial charge < -0.3 is 4.84 Å². The van der Waals surface area contributed by atoms with Crippen molar-refractivity contribution in [3.8, 4) is 11.3 Å². The van der Waals surface area contributed by atoms with E-state index in [0.29, 0.717) is 0 Å². The first kappa shape index (κ1) is 16.5. The number of pyridine rings is 1. The van der Waals surface area contributed by atoms with Crippen molar-refractivity contribution < 1.29 is 4.84 Å². The normalized spacial score (nSPS) is 18.2. The Bertz CT molecular complexity index is 917. The summed E-state index contributed by atoms with van der Waals surface area (Å²) in [4.78, 5) is 10.7. The van der Waals surface area contributed by atoms with Gasteiger partial charge in [0.05, 0.1) is 16.8 Å². The molecule has 0 fully saturated rings. The summed E-state index contributed by atoms with van der Waals surface area (Å²) in [6.45, 7) is 4.38. The second-order valence-corrected chi connectivity index (χ2v) is 7.21. The van der Waals surface area contributed by atoms with E-state index in [1.54, 1.807) is 0 Å². The molecule has 2 heterocycles. The molecule has 3 nitrogen and oxygen atoms in total. The zero-order chi connectivity index (χ0) is 18.0. The smallest absolute Gasteiger partial charge is 0.143 e. The highest BCUT2D eigenvalue weighted by atomic mass is 16.6. The first-order valence-corrected chi connectivity index (χ1v) is 8.95. The maximum atomic E-state index is 5.83. The van der Waals surface area contributed by atoms with Crippen LogP contribution < -0.4 is 0 Å². The Morgan fingerprint density at radius 1 is 0.808 bits per heavy atom. The average molecular weight is 342 g/mol. The Morgan fingerprint density at radius 2 is 1.46 bits per heavy atom. The SMILES string of the molecule is CC1(C)C(c2ccccc2)=NOC1Cc1cccc(-c2ccccc2)n1. The third-order valence-electron chi connectivity index (χ3n) is 5.00. The van der Waals surface area contributed by atoms with Gasteiger partial charge in [0.1, 0.15) is 6.10 Å². The molecule has 3 heteroatoms. The van der Waals surface area contributed by atoms with Crippen LogP contribution in [0.1, 0.15) is 25.1 Å². The lowest BCUT2D eigenvalue weighted by Gasteiger charge is -2.25. The molecule has 1 aliphatic heterocycles. The van der Waals surface area contributed by atoms with Crippen molar-refractivity contribution in [2.75, 3.05) is 0 Å². The summed E-state index contributed by atoms with van der Waals surface area (Å²) in [5, 5.41) is 4.41. The monoisotopic (exact) mass is 342 g/mol. The molecule has 0 aliphatic carbocycles. The predicted octanol–water partition coefficient (Wildman–Crippen LogP) is 5.12. The van der Waals surface area contributed by atoms with Crippen LogP contribution in [-0.2, 0) is 11.3 Å². The summed E-state index contributed by atoms with van der Waals surface area (Å²) in [5.74, 6) is 0. The van der Waals surface area contributed by atoms with Crippen molar-refractivity contribution in [3.63, 3.8) is 0 Å². The summed E-state index contributed by atoms with van der Waals surface area (Å²) in [7, 11) is 0. The van der Waals surface area contributed by atoms with E-state index in [2.05, 4.69) is 55.4 Å². The van der Waals surface area contributed by atoms with Crippen LogP contribution in [0.15, 0.2) is 84.0 Å². The number of rotatable bonds is 4. The minimum Gasteiger partial charge on any atom is -0.391 e. The minimum atomic E-state index is -0.175. The second-order valence-electron chi connectivity index (χ2n) is 7.21. The zero-order valence-corrected chi connectivity index (χ0v) is 15.1. The van der Waals surface area contributed by atoms with Gasteiger partial charge in [-0.25, -0.2) is 0 Å². The molecule has 1 aromatic heterocycles. The largest absolute Gasteiger partial charge is 0.391 e. The van der Waals surface area contributed by atoms with Crippen molar-refractivity contribution in [2.24, 2.45) is 10.6 Å². The molecule has 2 aromatic carbocycles. The lowest BCUT2D eigenvalue weighted by atomic mass is 9.77. The minimum absolute atomic E-state index is 0.0313. The van der Waals surface area contributed by atoms with E-state index in [1.807, 2.05) is 42.5 Å². The van der Waals surface area contributed by atoms with E-state index in [-0.39, 0.29) is 11.5 Å². The number of benzene rings is 2. The molecule has 3 aromatic rings. The van der Waals surface area contributed by atoms with E-state index in [4.69, 9.17) is 9.82 Å². The van der Waals surface area contributed by atoms with Gasteiger partial charge in [-0.05, 0) is 17.7 Å². The predicted molar refractivity (Wildman–Crippen MR) is 105 cm³/mol. The van der Waals surface area contributed by atoms with Crippen LogP contribution in [0.2, 0.25) is 0 Å². The molecule has 0 N–H and O–H groups in total. The van der Waals surface area contributed by atoms with Gasteiger partial charge in [0, 0.05) is 17.7 Å². The van der Waals surface area contributed by atoms with Crippen molar-refractivity contribution in [3.05, 3.63) is 90.1 Å². The highest BCUT2D eigenvalue weighted by Crippen LogP contribution is 2.36. The summed E-state index contributed by atoms with van der Waals surface area (Å²) >= 11 is 0. The topological polar surface area (TPSA) is 34.5 Å². The number of aromatic nitrogens is 1. The first-order valence-electron chi connectivity index (χ1n) is 8.95. The molecule has 1 aliphatic rings. The van der Waals surface area contributed by atoms with Gasteiger partial charge in [-0.15, -0.1) is 0 Å². The Hall–Kier alpha value is -2.94. The summed E-state index contributed by atoms with van der Waals surface area (Å²) in [5.41, 5.74) is 5.08. The van der Waals surface area contributed by atoms with Gasteiger partial charge >= 0.3 is 0 Å². The van der Waals surface area contributed by atoms with Gasteiger partial charge in [0.25, 0.3) is 0 Å². The van der Waals surface area contributed by atoms with Crippen LogP contribution in [0, 0.1) is 5.41 Å². The fourth-order valence-corrected chi connectivity index (χ4v) is 3.38. The lowest BCUT2D eigenvalue weighted by Crippen LogP contribution is -2.35. The fourth-order valence-electron chi connectivity index (χ4n) is 3.38. The maximum absolute atomic E-state index is 5.83. The van der Waals surface area contributed by atoms with Gasteiger partial charge in [0.15, 0.2) is 0 Å². The van der Waals surface area contributed by atoms with Crippen LogP contribution in [0.25, 0.3) is 11.3 Å². The van der Waals surface area contributed by atoms with Gasteiger partial charge in [0.2, 0.25) is 0 Å². The van der Waals surface area contributed by atoms with Crippen molar-refractivity contribution >= 4 is 5.71 Å². The first-order chi connectivity index (χ1) is 12.6. The summed E-state index contributed by atoms with van der Waals surface area (Å²) in [6.07, 6.45) is 0.698. The van der Waals surface area contributed by atoms with Crippen LogP contribution in [0.4, 0.5) is 0 Å². The van der Waals surface area contributed by atoms with E-state index in [9.17, 15) is 0 Å². The Balaban J connectivity index is 1.56. The quantitative estimate of drug-likeness (QED) is 0.659. The van der Waals surface area contributed by atoms with E-state index < -0.39 is 0 Å². The molecule has 1 atom stereocenters. The Morgan fingerprint density at radius 3 is 2.15 bits per heavy atom. The average Bonchev–Trinajstić information content (AvgIpc) is 2.97. The molecule has 4 rings (SSSR count). The molecule has 0 radical (unpaired) electrons. The molecule has 0 spiro atoms. The zero-order valence-electron chi connectivity index (χ0n) is 15.1. The molecular weight excluding hydrogens is 320 g/mol. The molecule has 0 amide bonds.